The molecule has 3 rings (SSSR count). The summed E-state index contributed by atoms with van der Waals surface area (Å²) in [6.45, 7) is 2.00. The molecule has 0 bridgehead atoms. The maximum Gasteiger partial charge on any atom is 0.262 e. The van der Waals surface area contributed by atoms with Crippen molar-refractivity contribution in [1.82, 2.24) is 4.98 Å². The number of nitriles is 1. The SMILES string of the molecule is Cc1ccc(-c2csc(/C(C#N)=C/c3ccc([O-])c([N+](=O)[O-])c3)n2)cc1. The summed E-state index contributed by atoms with van der Waals surface area (Å²) in [4.78, 5) is 14.6. The number of hydrogen-bond donors (Lipinski definition) is 0. The van der Waals surface area contributed by atoms with Gasteiger partial charge < -0.3 is 5.11 Å². The molecule has 26 heavy (non-hydrogen) atoms. The minimum absolute atomic E-state index is 0.279. The van der Waals surface area contributed by atoms with E-state index < -0.39 is 16.4 Å². The highest BCUT2D eigenvalue weighted by molar-refractivity contribution is 7.11. The average Bonchev–Trinajstić information content (AvgIpc) is 3.11. The van der Waals surface area contributed by atoms with Gasteiger partial charge in [0.2, 0.25) is 0 Å². The number of benzene rings is 2. The Hall–Kier alpha value is -3.50. The highest BCUT2D eigenvalue weighted by Gasteiger charge is 2.11. The van der Waals surface area contributed by atoms with Gasteiger partial charge in [0.25, 0.3) is 5.69 Å². The molecule has 0 radical (unpaired) electrons. The van der Waals surface area contributed by atoms with Gasteiger partial charge in [-0.05, 0) is 24.3 Å². The molecule has 2 aromatic carbocycles. The van der Waals surface area contributed by atoms with Crippen LogP contribution in [0.4, 0.5) is 5.69 Å². The molecule has 6 nitrogen and oxygen atoms in total. The summed E-state index contributed by atoms with van der Waals surface area (Å²) in [6, 6.07) is 13.7. The van der Waals surface area contributed by atoms with Crippen molar-refractivity contribution in [3.63, 3.8) is 0 Å². The minimum Gasteiger partial charge on any atom is -0.868 e. The molecule has 1 aromatic heterocycles. The van der Waals surface area contributed by atoms with Crippen molar-refractivity contribution < 1.29 is 10.0 Å². The predicted octanol–water partition coefficient (Wildman–Crippen LogP) is 4.16. The van der Waals surface area contributed by atoms with E-state index in [1.54, 1.807) is 0 Å². The van der Waals surface area contributed by atoms with E-state index in [4.69, 9.17) is 0 Å². The van der Waals surface area contributed by atoms with Gasteiger partial charge in [0.1, 0.15) is 11.1 Å². The third kappa shape index (κ3) is 3.61. The summed E-state index contributed by atoms with van der Waals surface area (Å²) in [5, 5.41) is 34.2. The van der Waals surface area contributed by atoms with E-state index in [0.717, 1.165) is 29.0 Å². The molecule has 0 aliphatic heterocycles. The minimum atomic E-state index is -0.732. The van der Waals surface area contributed by atoms with Crippen molar-refractivity contribution in [3.05, 3.63) is 74.1 Å². The third-order valence-electron chi connectivity index (χ3n) is 3.69. The fourth-order valence-corrected chi connectivity index (χ4v) is 3.12. The number of allylic oxidation sites excluding steroid dienone is 1. The molecular weight excluding hydrogens is 350 g/mol. The monoisotopic (exact) mass is 362 g/mol. The molecular formula is C19H12N3O3S-. The van der Waals surface area contributed by atoms with Gasteiger partial charge in [-0.25, -0.2) is 4.98 Å². The zero-order chi connectivity index (χ0) is 18.7. The van der Waals surface area contributed by atoms with Crippen LogP contribution in [-0.2, 0) is 0 Å². The molecule has 0 unspecified atom stereocenters. The zero-order valence-electron chi connectivity index (χ0n) is 13.7. The van der Waals surface area contributed by atoms with Gasteiger partial charge in [0, 0.05) is 17.0 Å². The molecule has 0 saturated heterocycles. The number of hydrogen-bond acceptors (Lipinski definition) is 6. The van der Waals surface area contributed by atoms with Crippen LogP contribution < -0.4 is 5.11 Å². The number of aromatic nitrogens is 1. The number of rotatable bonds is 4. The van der Waals surface area contributed by atoms with Crippen molar-refractivity contribution in [1.29, 1.82) is 5.26 Å². The van der Waals surface area contributed by atoms with Crippen LogP contribution in [0, 0.1) is 28.4 Å². The van der Waals surface area contributed by atoms with Crippen LogP contribution in [0.2, 0.25) is 0 Å². The first kappa shape index (κ1) is 17.3. The van der Waals surface area contributed by atoms with Gasteiger partial charge in [-0.1, -0.05) is 42.0 Å². The molecule has 0 N–H and O–H groups in total. The summed E-state index contributed by atoms with van der Waals surface area (Å²) >= 11 is 1.32. The topological polar surface area (TPSA) is 103 Å². The van der Waals surface area contributed by atoms with Gasteiger partial charge in [-0.3, -0.25) is 10.1 Å². The van der Waals surface area contributed by atoms with Crippen molar-refractivity contribution in [2.75, 3.05) is 0 Å². The first-order valence-corrected chi connectivity index (χ1v) is 8.46. The smallest absolute Gasteiger partial charge is 0.262 e. The third-order valence-corrected chi connectivity index (χ3v) is 4.57. The second-order valence-electron chi connectivity index (χ2n) is 5.56. The maximum atomic E-state index is 11.5. The van der Waals surface area contributed by atoms with Crippen molar-refractivity contribution >= 4 is 28.7 Å². The van der Waals surface area contributed by atoms with Gasteiger partial charge in [0.15, 0.2) is 0 Å². The highest BCUT2D eigenvalue weighted by Crippen LogP contribution is 2.29. The second-order valence-corrected chi connectivity index (χ2v) is 6.42. The summed E-state index contributed by atoms with van der Waals surface area (Å²) < 4.78 is 0. The van der Waals surface area contributed by atoms with Crippen LogP contribution in [-0.4, -0.2) is 9.91 Å². The molecule has 0 aliphatic rings. The Morgan fingerprint density at radius 1 is 1.27 bits per heavy atom. The number of nitro groups is 1. The maximum absolute atomic E-state index is 11.5. The van der Waals surface area contributed by atoms with E-state index in [1.807, 2.05) is 36.6 Å². The summed E-state index contributed by atoms with van der Waals surface area (Å²) in [5.41, 5.74) is 3.01. The Morgan fingerprint density at radius 2 is 2.00 bits per heavy atom. The average molecular weight is 362 g/mol. The number of aryl methyl sites for hydroxylation is 1. The molecule has 0 spiro atoms. The lowest BCUT2D eigenvalue weighted by atomic mass is 10.1. The van der Waals surface area contributed by atoms with Gasteiger partial charge >= 0.3 is 0 Å². The number of nitrogens with zero attached hydrogens (tertiary/aromatic N) is 3. The standard InChI is InChI=1S/C19H13N3O3S/c1-12-2-5-14(6-3-12)16-11-26-19(21-16)15(10-20)8-13-4-7-18(23)17(9-13)22(24)25/h2-9,11,23H,1H3/p-1/b15-8+. The highest BCUT2D eigenvalue weighted by atomic mass is 32.1. The molecule has 0 atom stereocenters. The summed E-state index contributed by atoms with van der Waals surface area (Å²) in [5.74, 6) is -0.665. The lowest BCUT2D eigenvalue weighted by Crippen LogP contribution is -1.97. The normalized spacial score (nSPS) is 11.2. The first-order chi connectivity index (χ1) is 12.5. The van der Waals surface area contributed by atoms with Crippen molar-refractivity contribution in [2.24, 2.45) is 0 Å². The van der Waals surface area contributed by atoms with Crippen molar-refractivity contribution in [2.45, 2.75) is 6.92 Å². The lowest BCUT2D eigenvalue weighted by molar-refractivity contribution is -0.398. The fourth-order valence-electron chi connectivity index (χ4n) is 2.33. The summed E-state index contributed by atoms with van der Waals surface area (Å²) in [6.07, 6.45) is 1.49. The lowest BCUT2D eigenvalue weighted by Gasteiger charge is -2.06. The molecule has 0 fully saturated rings. The van der Waals surface area contributed by atoms with Crippen LogP contribution in [0.25, 0.3) is 22.9 Å². The number of thiazole rings is 1. The Morgan fingerprint density at radius 3 is 2.65 bits per heavy atom. The van der Waals surface area contributed by atoms with Crippen LogP contribution in [0.3, 0.4) is 0 Å². The van der Waals surface area contributed by atoms with E-state index in [2.05, 4.69) is 11.1 Å². The van der Waals surface area contributed by atoms with E-state index in [9.17, 15) is 20.5 Å². The van der Waals surface area contributed by atoms with Crippen LogP contribution in [0.5, 0.6) is 5.75 Å². The Kier molecular flexibility index (Phi) is 4.78. The zero-order valence-corrected chi connectivity index (χ0v) is 14.5. The fraction of sp³-hybridized carbons (Fsp3) is 0.0526. The molecule has 7 heteroatoms. The quantitative estimate of drug-likeness (QED) is 0.394. The van der Waals surface area contributed by atoms with Gasteiger partial charge in [-0.2, -0.15) is 5.26 Å². The van der Waals surface area contributed by atoms with Crippen LogP contribution >= 0.6 is 11.3 Å². The second kappa shape index (κ2) is 7.17. The molecule has 0 amide bonds. The van der Waals surface area contributed by atoms with Crippen LogP contribution in [0.15, 0.2) is 47.8 Å². The van der Waals surface area contributed by atoms with E-state index in [1.165, 1.54) is 23.5 Å². The molecule has 0 saturated carbocycles. The van der Waals surface area contributed by atoms with Crippen LogP contribution in [0.1, 0.15) is 16.1 Å². The largest absolute Gasteiger partial charge is 0.868 e. The summed E-state index contributed by atoms with van der Waals surface area (Å²) in [7, 11) is 0. The number of nitro benzene ring substituents is 1. The van der Waals surface area contributed by atoms with E-state index in [0.29, 0.717) is 10.6 Å². The Labute approximate surface area is 153 Å². The van der Waals surface area contributed by atoms with E-state index in [-0.39, 0.29) is 5.57 Å². The molecule has 0 aliphatic carbocycles. The van der Waals surface area contributed by atoms with Gasteiger partial charge in [0.05, 0.1) is 16.2 Å². The van der Waals surface area contributed by atoms with E-state index >= 15 is 0 Å². The molecule has 3 aromatic rings. The molecule has 128 valence electrons. The molecule has 1 heterocycles. The van der Waals surface area contributed by atoms with Crippen molar-refractivity contribution in [3.8, 4) is 23.1 Å². The Balaban J connectivity index is 1.96. The first-order valence-electron chi connectivity index (χ1n) is 7.58. The Bertz CT molecular complexity index is 1050. The van der Waals surface area contributed by atoms with Gasteiger partial charge in [-0.15, -0.1) is 11.3 Å². The predicted molar refractivity (Wildman–Crippen MR) is 98.3 cm³/mol.